The van der Waals surface area contributed by atoms with Crippen LogP contribution in [-0.4, -0.2) is 54.8 Å². The Balaban J connectivity index is 1.55. The van der Waals surface area contributed by atoms with Crippen LogP contribution in [0.2, 0.25) is 0 Å². The molecule has 2 aliphatic heterocycles. The quantitative estimate of drug-likeness (QED) is 0.742. The van der Waals surface area contributed by atoms with Gasteiger partial charge in [0.25, 0.3) is 0 Å². The summed E-state index contributed by atoms with van der Waals surface area (Å²) < 4.78 is 18.4. The molecule has 2 fully saturated rings. The van der Waals surface area contributed by atoms with E-state index in [1.54, 1.807) is 0 Å². The maximum absolute atomic E-state index is 12.9. The molecule has 7 nitrogen and oxygen atoms in total. The van der Waals surface area contributed by atoms with Gasteiger partial charge in [-0.1, -0.05) is 0 Å². The molecule has 0 spiro atoms. The topological polar surface area (TPSA) is 82.7 Å². The third kappa shape index (κ3) is 4.97. The van der Waals surface area contributed by atoms with E-state index >= 15 is 0 Å². The number of ether oxygens (including phenoxy) is 1. The number of nitrogens with zero attached hydrogens (tertiary/aromatic N) is 1. The van der Waals surface area contributed by atoms with Gasteiger partial charge in [-0.05, 0) is 31.2 Å². The predicted octanol–water partition coefficient (Wildman–Crippen LogP) is 0.637. The standard InChI is InChI=1S/C17H23FN4O3/c1-11-10-22(6-7-25-11)15-9-17(24)21-14(20-15)8-16(23)19-13-4-2-12(18)3-5-13/h2-5,11,14-15,20H,6-10H2,1H3,(H,19,23)(H,21,24). The van der Waals surface area contributed by atoms with E-state index in [0.717, 1.165) is 13.1 Å². The van der Waals surface area contributed by atoms with Gasteiger partial charge in [0.2, 0.25) is 11.8 Å². The Morgan fingerprint density at radius 2 is 2.16 bits per heavy atom. The Kier molecular flexibility index (Phi) is 5.62. The molecule has 3 atom stereocenters. The summed E-state index contributed by atoms with van der Waals surface area (Å²) in [4.78, 5) is 26.4. The van der Waals surface area contributed by atoms with Crippen molar-refractivity contribution in [2.24, 2.45) is 0 Å². The first-order valence-electron chi connectivity index (χ1n) is 8.46. The van der Waals surface area contributed by atoms with E-state index in [1.165, 1.54) is 24.3 Å². The second kappa shape index (κ2) is 7.90. The largest absolute Gasteiger partial charge is 0.376 e. The third-order valence-corrected chi connectivity index (χ3v) is 4.34. The number of benzene rings is 1. The lowest BCUT2D eigenvalue weighted by molar-refractivity contribution is -0.129. The molecule has 0 radical (unpaired) electrons. The Morgan fingerprint density at radius 3 is 2.88 bits per heavy atom. The lowest BCUT2D eigenvalue weighted by atomic mass is 10.1. The average molecular weight is 350 g/mol. The summed E-state index contributed by atoms with van der Waals surface area (Å²) in [5, 5.41) is 8.81. The number of amides is 2. The van der Waals surface area contributed by atoms with Gasteiger partial charge < -0.3 is 15.4 Å². The van der Waals surface area contributed by atoms with E-state index in [2.05, 4.69) is 20.9 Å². The molecule has 0 bridgehead atoms. The Morgan fingerprint density at radius 1 is 1.40 bits per heavy atom. The monoisotopic (exact) mass is 350 g/mol. The minimum absolute atomic E-state index is 0.0810. The number of morpholine rings is 1. The van der Waals surface area contributed by atoms with Crippen LogP contribution in [0.25, 0.3) is 0 Å². The van der Waals surface area contributed by atoms with E-state index < -0.39 is 6.17 Å². The highest BCUT2D eigenvalue weighted by atomic mass is 19.1. The van der Waals surface area contributed by atoms with E-state index in [0.29, 0.717) is 18.7 Å². The third-order valence-electron chi connectivity index (χ3n) is 4.34. The van der Waals surface area contributed by atoms with Crippen molar-refractivity contribution in [1.82, 2.24) is 15.5 Å². The summed E-state index contributed by atoms with van der Waals surface area (Å²) in [7, 11) is 0. The number of halogens is 1. The Hall–Kier alpha value is -2.03. The van der Waals surface area contributed by atoms with Crippen LogP contribution in [0.1, 0.15) is 19.8 Å². The number of anilines is 1. The van der Waals surface area contributed by atoms with Gasteiger partial charge in [0, 0.05) is 18.8 Å². The molecule has 3 unspecified atom stereocenters. The Labute approximate surface area is 145 Å². The highest BCUT2D eigenvalue weighted by Crippen LogP contribution is 2.14. The summed E-state index contributed by atoms with van der Waals surface area (Å²) in [6, 6.07) is 5.56. The van der Waals surface area contributed by atoms with Gasteiger partial charge in [0.05, 0.1) is 37.9 Å². The fourth-order valence-corrected chi connectivity index (χ4v) is 3.17. The molecule has 3 rings (SSSR count). The summed E-state index contributed by atoms with van der Waals surface area (Å²) in [6.07, 6.45) is 0.0248. The van der Waals surface area contributed by atoms with Gasteiger partial charge in [-0.2, -0.15) is 0 Å². The molecule has 8 heteroatoms. The zero-order valence-corrected chi connectivity index (χ0v) is 14.1. The number of rotatable bonds is 4. The fourth-order valence-electron chi connectivity index (χ4n) is 3.17. The zero-order chi connectivity index (χ0) is 17.8. The molecule has 2 aliphatic rings. The average Bonchev–Trinajstić information content (AvgIpc) is 2.56. The highest BCUT2D eigenvalue weighted by molar-refractivity contribution is 5.91. The number of nitrogens with one attached hydrogen (secondary N) is 3. The molecule has 2 saturated heterocycles. The minimum atomic E-state index is -0.440. The lowest BCUT2D eigenvalue weighted by Gasteiger charge is -2.41. The number of carbonyl (C=O) groups excluding carboxylic acids is 2. The molecule has 2 amide bonds. The van der Waals surface area contributed by atoms with Crippen LogP contribution in [0.5, 0.6) is 0 Å². The normalized spacial score (nSPS) is 27.6. The predicted molar refractivity (Wildman–Crippen MR) is 90.1 cm³/mol. The number of carbonyl (C=O) groups is 2. The van der Waals surface area contributed by atoms with Crippen LogP contribution in [0, 0.1) is 5.82 Å². The summed E-state index contributed by atoms with van der Waals surface area (Å²) in [6.45, 7) is 4.14. The van der Waals surface area contributed by atoms with Crippen molar-refractivity contribution in [3.05, 3.63) is 30.1 Å². The van der Waals surface area contributed by atoms with Gasteiger partial charge >= 0.3 is 0 Å². The lowest BCUT2D eigenvalue weighted by Crippen LogP contribution is -2.64. The highest BCUT2D eigenvalue weighted by Gasteiger charge is 2.32. The molecular weight excluding hydrogens is 327 g/mol. The first-order chi connectivity index (χ1) is 12.0. The van der Waals surface area contributed by atoms with Crippen molar-refractivity contribution in [3.63, 3.8) is 0 Å². The molecule has 1 aromatic rings. The maximum atomic E-state index is 12.9. The van der Waals surface area contributed by atoms with Gasteiger partial charge in [-0.15, -0.1) is 0 Å². The van der Waals surface area contributed by atoms with Crippen molar-refractivity contribution in [1.29, 1.82) is 0 Å². The smallest absolute Gasteiger partial charge is 0.227 e. The second-order valence-electron chi connectivity index (χ2n) is 6.44. The molecule has 136 valence electrons. The summed E-state index contributed by atoms with van der Waals surface area (Å²) in [5.74, 6) is -0.690. The minimum Gasteiger partial charge on any atom is -0.376 e. The Bertz CT molecular complexity index is 625. The van der Waals surface area contributed by atoms with E-state index in [-0.39, 0.29) is 36.3 Å². The van der Waals surface area contributed by atoms with E-state index in [1.807, 2.05) is 6.92 Å². The van der Waals surface area contributed by atoms with Crippen molar-refractivity contribution in [3.8, 4) is 0 Å². The molecule has 1 aromatic carbocycles. The molecule has 2 heterocycles. The van der Waals surface area contributed by atoms with Gasteiger partial charge in [-0.25, -0.2) is 4.39 Å². The van der Waals surface area contributed by atoms with Crippen LogP contribution >= 0.6 is 0 Å². The molecule has 0 saturated carbocycles. The maximum Gasteiger partial charge on any atom is 0.227 e. The van der Waals surface area contributed by atoms with Crippen LogP contribution in [-0.2, 0) is 14.3 Å². The summed E-state index contributed by atoms with van der Waals surface area (Å²) in [5.41, 5.74) is 0.520. The van der Waals surface area contributed by atoms with Crippen LogP contribution in [0.3, 0.4) is 0 Å². The molecule has 25 heavy (non-hydrogen) atoms. The van der Waals surface area contributed by atoms with Crippen LogP contribution < -0.4 is 16.0 Å². The number of hydrogen-bond acceptors (Lipinski definition) is 5. The molecule has 0 aromatic heterocycles. The SMILES string of the molecule is CC1CN(C2CC(=O)NC(CC(=O)Nc3ccc(F)cc3)N2)CCO1. The van der Waals surface area contributed by atoms with E-state index in [4.69, 9.17) is 4.74 Å². The van der Waals surface area contributed by atoms with Crippen LogP contribution in [0.15, 0.2) is 24.3 Å². The zero-order valence-electron chi connectivity index (χ0n) is 14.1. The second-order valence-corrected chi connectivity index (χ2v) is 6.44. The van der Waals surface area contributed by atoms with E-state index in [9.17, 15) is 14.0 Å². The van der Waals surface area contributed by atoms with Crippen molar-refractivity contribution < 1.29 is 18.7 Å². The van der Waals surface area contributed by atoms with Gasteiger partial charge in [0.15, 0.2) is 0 Å². The van der Waals surface area contributed by atoms with Crippen molar-refractivity contribution in [2.75, 3.05) is 25.0 Å². The molecule has 0 aliphatic carbocycles. The van der Waals surface area contributed by atoms with Crippen molar-refractivity contribution in [2.45, 2.75) is 38.2 Å². The summed E-state index contributed by atoms with van der Waals surface area (Å²) >= 11 is 0. The number of hydrogen-bond donors (Lipinski definition) is 3. The first kappa shape index (κ1) is 17.8. The molecule has 3 N–H and O–H groups in total. The van der Waals surface area contributed by atoms with Crippen LogP contribution in [0.4, 0.5) is 10.1 Å². The fraction of sp³-hybridized carbons (Fsp3) is 0.529. The first-order valence-corrected chi connectivity index (χ1v) is 8.46. The molecular formula is C17H23FN4O3. The van der Waals surface area contributed by atoms with Gasteiger partial charge in [-0.3, -0.25) is 19.8 Å². The van der Waals surface area contributed by atoms with Crippen molar-refractivity contribution >= 4 is 17.5 Å². The van der Waals surface area contributed by atoms with Gasteiger partial charge in [0.1, 0.15) is 5.82 Å².